The van der Waals surface area contributed by atoms with Crippen LogP contribution in [0.2, 0.25) is 0 Å². The first-order chi connectivity index (χ1) is 8.93. The van der Waals surface area contributed by atoms with Gasteiger partial charge in [0.15, 0.2) is 0 Å². The van der Waals surface area contributed by atoms with Gasteiger partial charge < -0.3 is 10.4 Å². The van der Waals surface area contributed by atoms with Crippen molar-refractivity contribution in [2.45, 2.75) is 11.8 Å². The normalized spacial score (nSPS) is 9.79. The van der Waals surface area contributed by atoms with Crippen LogP contribution in [0.1, 0.15) is 15.9 Å². The number of carboxylic acid groups (broad SMARTS) is 1. The highest BCUT2D eigenvalue weighted by Gasteiger charge is 2.10. The Bertz CT molecular complexity index is 516. The summed E-state index contributed by atoms with van der Waals surface area (Å²) in [5.74, 6) is -1.41. The molecule has 1 aromatic carbocycles. The lowest BCUT2D eigenvalue weighted by atomic mass is 10.1. The lowest BCUT2D eigenvalue weighted by Gasteiger charge is -2.06. The van der Waals surface area contributed by atoms with E-state index in [0.29, 0.717) is 10.5 Å². The number of carbonyl (C=O) groups is 3. The van der Waals surface area contributed by atoms with E-state index in [1.807, 2.05) is 0 Å². The van der Waals surface area contributed by atoms with Crippen molar-refractivity contribution in [1.82, 2.24) is 10.6 Å². The molecule has 0 radical (unpaired) electrons. The van der Waals surface area contributed by atoms with Gasteiger partial charge in [0.05, 0.1) is 11.3 Å². The highest BCUT2D eigenvalue weighted by atomic mass is 32.2. The number of aromatic carboxylic acids is 1. The molecule has 19 heavy (non-hydrogen) atoms. The topological polar surface area (TPSA) is 95.5 Å². The molecule has 0 spiro atoms. The number of aryl methyl sites for hydroxylation is 1. The van der Waals surface area contributed by atoms with Gasteiger partial charge in [0.2, 0.25) is 5.91 Å². The maximum absolute atomic E-state index is 11.4. The first kappa shape index (κ1) is 15.0. The molecule has 0 unspecified atom stereocenters. The van der Waals surface area contributed by atoms with Crippen molar-refractivity contribution in [2.24, 2.45) is 0 Å². The van der Waals surface area contributed by atoms with Crippen molar-refractivity contribution < 1.29 is 19.5 Å². The van der Waals surface area contributed by atoms with Gasteiger partial charge in [-0.3, -0.25) is 10.1 Å². The van der Waals surface area contributed by atoms with Gasteiger partial charge in [-0.05, 0) is 24.6 Å². The number of benzene rings is 1. The van der Waals surface area contributed by atoms with E-state index in [0.717, 1.165) is 0 Å². The highest BCUT2D eigenvalue weighted by molar-refractivity contribution is 8.00. The number of amides is 3. The summed E-state index contributed by atoms with van der Waals surface area (Å²) < 4.78 is 0. The molecule has 0 bridgehead atoms. The van der Waals surface area contributed by atoms with Crippen molar-refractivity contribution >= 4 is 29.7 Å². The summed E-state index contributed by atoms with van der Waals surface area (Å²) >= 11 is 1.17. The Labute approximate surface area is 114 Å². The molecule has 1 aromatic rings. The Balaban J connectivity index is 2.63. The zero-order valence-electron chi connectivity index (χ0n) is 10.5. The third-order valence-electron chi connectivity index (χ3n) is 2.29. The number of nitrogens with one attached hydrogen (secondary N) is 2. The maximum Gasteiger partial charge on any atom is 0.335 e. The molecular formula is C12H14N2O4S. The smallest absolute Gasteiger partial charge is 0.335 e. The van der Waals surface area contributed by atoms with Crippen molar-refractivity contribution in [3.05, 3.63) is 29.3 Å². The SMILES string of the molecule is CNC(=O)NC(=O)CSc1ccc(C)c(C(=O)O)c1. The van der Waals surface area contributed by atoms with Crippen molar-refractivity contribution in [3.63, 3.8) is 0 Å². The lowest BCUT2D eigenvalue weighted by molar-refractivity contribution is -0.117. The van der Waals surface area contributed by atoms with Crippen LogP contribution in [0.3, 0.4) is 0 Å². The summed E-state index contributed by atoms with van der Waals surface area (Å²) in [6.45, 7) is 1.70. The Morgan fingerprint density at radius 1 is 1.32 bits per heavy atom. The third-order valence-corrected chi connectivity index (χ3v) is 3.28. The van der Waals surface area contributed by atoms with E-state index in [2.05, 4.69) is 10.6 Å². The number of thioether (sulfide) groups is 1. The second-order valence-corrected chi connectivity index (χ2v) is 4.75. The zero-order valence-corrected chi connectivity index (χ0v) is 11.3. The molecule has 6 nitrogen and oxygen atoms in total. The number of carbonyl (C=O) groups excluding carboxylic acids is 2. The fourth-order valence-electron chi connectivity index (χ4n) is 1.30. The van der Waals surface area contributed by atoms with Gasteiger partial charge in [0.1, 0.15) is 0 Å². The first-order valence-corrected chi connectivity index (χ1v) is 6.41. The average Bonchev–Trinajstić information content (AvgIpc) is 2.37. The molecular weight excluding hydrogens is 268 g/mol. The molecule has 0 saturated heterocycles. The minimum atomic E-state index is -1.00. The molecule has 3 amide bonds. The minimum absolute atomic E-state index is 0.0372. The molecule has 0 fully saturated rings. The van der Waals surface area contributed by atoms with Gasteiger partial charge in [-0.1, -0.05) is 6.07 Å². The number of hydrogen-bond acceptors (Lipinski definition) is 4. The van der Waals surface area contributed by atoms with Crippen LogP contribution in [0.25, 0.3) is 0 Å². The van der Waals surface area contributed by atoms with Gasteiger partial charge in [-0.25, -0.2) is 9.59 Å². The number of rotatable bonds is 4. The van der Waals surface area contributed by atoms with Gasteiger partial charge >= 0.3 is 12.0 Å². The summed E-state index contributed by atoms with van der Waals surface area (Å²) in [6, 6.07) is 4.36. The molecule has 0 heterocycles. The monoisotopic (exact) mass is 282 g/mol. The van der Waals surface area contributed by atoms with Crippen molar-refractivity contribution in [3.8, 4) is 0 Å². The van der Waals surface area contributed by atoms with E-state index in [1.54, 1.807) is 19.1 Å². The quantitative estimate of drug-likeness (QED) is 0.722. The number of urea groups is 1. The summed E-state index contributed by atoms with van der Waals surface area (Å²) in [4.78, 5) is 33.9. The molecule has 0 aliphatic heterocycles. The van der Waals surface area contributed by atoms with Gasteiger partial charge in [0, 0.05) is 11.9 Å². The summed E-state index contributed by atoms with van der Waals surface area (Å²) in [5.41, 5.74) is 0.864. The van der Waals surface area contributed by atoms with Crippen LogP contribution < -0.4 is 10.6 Å². The van der Waals surface area contributed by atoms with E-state index in [9.17, 15) is 14.4 Å². The number of carboxylic acids is 1. The van der Waals surface area contributed by atoms with E-state index >= 15 is 0 Å². The fraction of sp³-hybridized carbons (Fsp3) is 0.250. The Kier molecular flexibility index (Phi) is 5.37. The van der Waals surface area contributed by atoms with Crippen LogP contribution in [0.4, 0.5) is 4.79 Å². The maximum atomic E-state index is 11.4. The van der Waals surface area contributed by atoms with Gasteiger partial charge in [-0.15, -0.1) is 11.8 Å². The highest BCUT2D eigenvalue weighted by Crippen LogP contribution is 2.21. The first-order valence-electron chi connectivity index (χ1n) is 5.42. The molecule has 7 heteroatoms. The van der Waals surface area contributed by atoms with Gasteiger partial charge in [-0.2, -0.15) is 0 Å². The zero-order chi connectivity index (χ0) is 14.4. The molecule has 1 rings (SSSR count). The average molecular weight is 282 g/mol. The van der Waals surface area contributed by atoms with E-state index in [1.165, 1.54) is 24.9 Å². The molecule has 0 aliphatic carbocycles. The molecule has 3 N–H and O–H groups in total. The largest absolute Gasteiger partial charge is 0.478 e. The molecule has 0 aliphatic rings. The molecule has 102 valence electrons. The van der Waals surface area contributed by atoms with Gasteiger partial charge in [0.25, 0.3) is 0 Å². The Hall–Kier alpha value is -2.02. The van der Waals surface area contributed by atoms with Crippen LogP contribution in [0.5, 0.6) is 0 Å². The molecule has 0 atom stereocenters. The van der Waals surface area contributed by atoms with Crippen molar-refractivity contribution in [1.29, 1.82) is 0 Å². The predicted octanol–water partition coefficient (Wildman–Crippen LogP) is 1.24. The number of hydrogen-bond donors (Lipinski definition) is 3. The van der Waals surface area contributed by atoms with E-state index < -0.39 is 17.9 Å². The fourth-order valence-corrected chi connectivity index (χ4v) is 2.03. The second kappa shape index (κ2) is 6.79. The van der Waals surface area contributed by atoms with E-state index in [4.69, 9.17) is 5.11 Å². The molecule has 0 aromatic heterocycles. The minimum Gasteiger partial charge on any atom is -0.478 e. The summed E-state index contributed by atoms with van der Waals surface area (Å²) in [5, 5.41) is 13.4. The van der Waals surface area contributed by atoms with E-state index in [-0.39, 0.29) is 11.3 Å². The van der Waals surface area contributed by atoms with Crippen molar-refractivity contribution in [2.75, 3.05) is 12.8 Å². The Morgan fingerprint density at radius 2 is 2.00 bits per heavy atom. The third kappa shape index (κ3) is 4.63. The lowest BCUT2D eigenvalue weighted by Crippen LogP contribution is -2.38. The summed E-state index contributed by atoms with van der Waals surface area (Å²) in [7, 11) is 1.41. The summed E-state index contributed by atoms with van der Waals surface area (Å²) in [6.07, 6.45) is 0. The van der Waals surface area contributed by atoms with Crippen LogP contribution in [-0.2, 0) is 4.79 Å². The van der Waals surface area contributed by atoms with Crippen LogP contribution in [0, 0.1) is 6.92 Å². The second-order valence-electron chi connectivity index (χ2n) is 3.70. The number of imide groups is 1. The predicted molar refractivity (Wildman–Crippen MR) is 71.5 cm³/mol. The Morgan fingerprint density at radius 3 is 2.58 bits per heavy atom. The van der Waals surface area contributed by atoms with Crippen LogP contribution in [-0.4, -0.2) is 35.8 Å². The van der Waals surface area contributed by atoms with Crippen LogP contribution in [0.15, 0.2) is 23.1 Å². The standard InChI is InChI=1S/C12H14N2O4S/c1-7-3-4-8(5-9(7)11(16)17)19-6-10(15)14-12(18)13-2/h3-5H,6H2,1-2H3,(H,16,17)(H2,13,14,15,18). The van der Waals surface area contributed by atoms with Crippen LogP contribution >= 0.6 is 11.8 Å². The molecule has 0 saturated carbocycles.